The van der Waals surface area contributed by atoms with E-state index in [1.807, 2.05) is 6.92 Å². The molecule has 1 N–H and O–H groups in total. The van der Waals surface area contributed by atoms with Crippen molar-refractivity contribution < 1.29 is 4.79 Å². The zero-order valence-electron chi connectivity index (χ0n) is 13.9. The second-order valence-corrected chi connectivity index (χ2v) is 6.95. The predicted octanol–water partition coefficient (Wildman–Crippen LogP) is 2.11. The van der Waals surface area contributed by atoms with Crippen LogP contribution in [0.3, 0.4) is 0 Å². The number of piperazine rings is 1. The van der Waals surface area contributed by atoms with Crippen molar-refractivity contribution in [3.63, 3.8) is 0 Å². The Bertz CT molecular complexity index is 738. The number of rotatable bonds is 3. The van der Waals surface area contributed by atoms with E-state index in [0.29, 0.717) is 11.9 Å². The van der Waals surface area contributed by atoms with Crippen molar-refractivity contribution in [1.82, 2.24) is 19.8 Å². The predicted molar refractivity (Wildman–Crippen MR) is 90.3 cm³/mol. The molecule has 1 amide bonds. The molecule has 5 nitrogen and oxygen atoms in total. The molecule has 1 aromatic carbocycles. The van der Waals surface area contributed by atoms with E-state index in [0.717, 1.165) is 55.8 Å². The second-order valence-electron chi connectivity index (χ2n) is 6.95. The first kappa shape index (κ1) is 14.7. The maximum atomic E-state index is 12.5. The summed E-state index contributed by atoms with van der Waals surface area (Å²) in [4.78, 5) is 25.0. The molecule has 0 spiro atoms. The highest BCUT2D eigenvalue weighted by Gasteiger charge is 2.39. The first-order chi connectivity index (χ1) is 11.1. The number of imidazole rings is 1. The lowest BCUT2D eigenvalue weighted by molar-refractivity contribution is -0.142. The molecule has 2 aliphatic rings. The highest BCUT2D eigenvalue weighted by molar-refractivity contribution is 5.83. The minimum atomic E-state index is -0.00373. The Morgan fingerprint density at radius 2 is 2.26 bits per heavy atom. The molecule has 2 aromatic rings. The molecular weight excluding hydrogens is 288 g/mol. The number of amides is 1. The van der Waals surface area contributed by atoms with Gasteiger partial charge in [-0.05, 0) is 44.4 Å². The molecule has 0 bridgehead atoms. The Labute approximate surface area is 136 Å². The van der Waals surface area contributed by atoms with E-state index in [1.54, 1.807) is 0 Å². The molecule has 0 unspecified atom stereocenters. The molecule has 2 aliphatic heterocycles. The van der Waals surface area contributed by atoms with E-state index in [2.05, 4.69) is 44.9 Å². The van der Waals surface area contributed by atoms with Crippen molar-refractivity contribution in [2.45, 2.75) is 45.2 Å². The number of aromatic amines is 1. The van der Waals surface area contributed by atoms with Gasteiger partial charge in [-0.1, -0.05) is 6.07 Å². The van der Waals surface area contributed by atoms with Crippen molar-refractivity contribution in [2.24, 2.45) is 0 Å². The molecule has 3 heterocycles. The van der Waals surface area contributed by atoms with Crippen molar-refractivity contribution in [2.75, 3.05) is 19.6 Å². The fraction of sp³-hybridized carbons (Fsp3) is 0.556. The number of carbonyl (C=O) groups excluding carboxylic acids is 1. The Balaban J connectivity index is 1.46. The normalized spacial score (nSPS) is 25.3. The lowest BCUT2D eigenvalue weighted by atomic mass is 10.1. The highest BCUT2D eigenvalue weighted by Crippen LogP contribution is 2.25. The number of hydrogen-bond acceptors (Lipinski definition) is 3. The third-order valence-electron chi connectivity index (χ3n) is 5.33. The maximum Gasteiger partial charge on any atom is 0.239 e. The summed E-state index contributed by atoms with van der Waals surface area (Å²) >= 11 is 0. The van der Waals surface area contributed by atoms with Crippen molar-refractivity contribution in [1.29, 1.82) is 0 Å². The standard InChI is InChI=1S/C18H24N4O/c1-12-5-6-15-16(10-12)20-17(19-15)7-9-21-11-14-4-3-8-22(14)18(23)13(21)2/h5-6,10,13-14H,3-4,7-9,11H2,1-2H3,(H,19,20)/t13-,14-/m1/s1. The van der Waals surface area contributed by atoms with Crippen LogP contribution in [0.2, 0.25) is 0 Å². The molecule has 5 heteroatoms. The molecule has 0 aliphatic carbocycles. The van der Waals surface area contributed by atoms with E-state index in [1.165, 1.54) is 5.56 Å². The van der Waals surface area contributed by atoms with E-state index in [4.69, 9.17) is 0 Å². The van der Waals surface area contributed by atoms with Gasteiger partial charge in [0.25, 0.3) is 0 Å². The Morgan fingerprint density at radius 1 is 1.39 bits per heavy atom. The number of nitrogens with one attached hydrogen (secondary N) is 1. The van der Waals surface area contributed by atoms with Gasteiger partial charge in [0, 0.05) is 32.1 Å². The number of benzene rings is 1. The molecule has 1 aromatic heterocycles. The fourth-order valence-electron chi connectivity index (χ4n) is 3.97. The van der Waals surface area contributed by atoms with E-state index in [9.17, 15) is 4.79 Å². The number of nitrogens with zero attached hydrogens (tertiary/aromatic N) is 3. The van der Waals surface area contributed by atoms with Gasteiger partial charge in [-0.3, -0.25) is 9.69 Å². The van der Waals surface area contributed by atoms with Crippen LogP contribution in [-0.2, 0) is 11.2 Å². The third kappa shape index (κ3) is 2.63. The summed E-state index contributed by atoms with van der Waals surface area (Å²) in [6.07, 6.45) is 3.16. The smallest absolute Gasteiger partial charge is 0.239 e. The van der Waals surface area contributed by atoms with Gasteiger partial charge < -0.3 is 9.88 Å². The molecule has 4 rings (SSSR count). The zero-order valence-corrected chi connectivity index (χ0v) is 13.9. The lowest BCUT2D eigenvalue weighted by Gasteiger charge is -2.41. The first-order valence-electron chi connectivity index (χ1n) is 8.61. The lowest BCUT2D eigenvalue weighted by Crippen LogP contribution is -2.58. The molecule has 0 radical (unpaired) electrons. The molecule has 2 saturated heterocycles. The molecule has 23 heavy (non-hydrogen) atoms. The minimum Gasteiger partial charge on any atom is -0.342 e. The minimum absolute atomic E-state index is 0.00373. The summed E-state index contributed by atoms with van der Waals surface area (Å²) in [5.41, 5.74) is 3.37. The van der Waals surface area contributed by atoms with Crippen LogP contribution in [0.25, 0.3) is 11.0 Å². The number of carbonyl (C=O) groups is 1. The average Bonchev–Trinajstić information content (AvgIpc) is 3.15. The van der Waals surface area contributed by atoms with Gasteiger partial charge in [0.05, 0.1) is 17.1 Å². The highest BCUT2D eigenvalue weighted by atomic mass is 16.2. The van der Waals surface area contributed by atoms with Gasteiger partial charge in [-0.25, -0.2) is 4.98 Å². The van der Waals surface area contributed by atoms with Crippen LogP contribution in [0.5, 0.6) is 0 Å². The number of aryl methyl sites for hydroxylation is 1. The van der Waals surface area contributed by atoms with E-state index < -0.39 is 0 Å². The summed E-state index contributed by atoms with van der Waals surface area (Å²) in [6.45, 7) is 6.97. The topological polar surface area (TPSA) is 52.2 Å². The van der Waals surface area contributed by atoms with Crippen LogP contribution in [0, 0.1) is 6.92 Å². The molecule has 2 atom stereocenters. The zero-order chi connectivity index (χ0) is 16.0. The maximum absolute atomic E-state index is 12.5. The summed E-state index contributed by atoms with van der Waals surface area (Å²) in [6, 6.07) is 6.71. The first-order valence-corrected chi connectivity index (χ1v) is 8.61. The SMILES string of the molecule is Cc1ccc2nc(CCN3C[C@H]4CCCN4C(=O)[C@H]3C)[nH]c2c1. The van der Waals surface area contributed by atoms with Gasteiger partial charge >= 0.3 is 0 Å². The largest absolute Gasteiger partial charge is 0.342 e. The summed E-state index contributed by atoms with van der Waals surface area (Å²) in [5.74, 6) is 1.32. The summed E-state index contributed by atoms with van der Waals surface area (Å²) < 4.78 is 0. The molecule has 122 valence electrons. The van der Waals surface area contributed by atoms with Crippen LogP contribution < -0.4 is 0 Å². The van der Waals surface area contributed by atoms with Gasteiger partial charge in [0.1, 0.15) is 5.82 Å². The van der Waals surface area contributed by atoms with E-state index in [-0.39, 0.29) is 6.04 Å². The Morgan fingerprint density at radius 3 is 3.13 bits per heavy atom. The van der Waals surface area contributed by atoms with Crippen LogP contribution in [0.1, 0.15) is 31.2 Å². The van der Waals surface area contributed by atoms with Crippen LogP contribution >= 0.6 is 0 Å². The van der Waals surface area contributed by atoms with Gasteiger partial charge in [-0.15, -0.1) is 0 Å². The molecular formula is C18H24N4O. The van der Waals surface area contributed by atoms with E-state index >= 15 is 0 Å². The molecule has 0 saturated carbocycles. The number of aromatic nitrogens is 2. The number of H-pyrrole nitrogens is 1. The fourth-order valence-corrected chi connectivity index (χ4v) is 3.97. The summed E-state index contributed by atoms with van der Waals surface area (Å²) in [5, 5.41) is 0. The van der Waals surface area contributed by atoms with Crippen LogP contribution in [0.4, 0.5) is 0 Å². The van der Waals surface area contributed by atoms with Crippen LogP contribution in [-0.4, -0.2) is 57.4 Å². The summed E-state index contributed by atoms with van der Waals surface area (Å²) in [7, 11) is 0. The molecule has 2 fully saturated rings. The third-order valence-corrected chi connectivity index (χ3v) is 5.33. The second kappa shape index (κ2) is 5.64. The number of fused-ring (bicyclic) bond motifs is 2. The Hall–Kier alpha value is -1.88. The quantitative estimate of drug-likeness (QED) is 0.944. The van der Waals surface area contributed by atoms with Crippen molar-refractivity contribution >= 4 is 16.9 Å². The van der Waals surface area contributed by atoms with Crippen LogP contribution in [0.15, 0.2) is 18.2 Å². The number of hydrogen-bond donors (Lipinski definition) is 1. The average molecular weight is 312 g/mol. The van der Waals surface area contributed by atoms with Crippen molar-refractivity contribution in [3.05, 3.63) is 29.6 Å². The van der Waals surface area contributed by atoms with Gasteiger partial charge in [0.15, 0.2) is 0 Å². The van der Waals surface area contributed by atoms with Gasteiger partial charge in [0.2, 0.25) is 5.91 Å². The van der Waals surface area contributed by atoms with Gasteiger partial charge in [-0.2, -0.15) is 0 Å². The Kier molecular flexibility index (Phi) is 3.60. The monoisotopic (exact) mass is 312 g/mol. The van der Waals surface area contributed by atoms with Crippen molar-refractivity contribution in [3.8, 4) is 0 Å².